The molecule has 4 fully saturated rings. The minimum absolute atomic E-state index is 0.00403. The van der Waals surface area contributed by atoms with Crippen LogP contribution in [-0.2, 0) is 25.5 Å². The Labute approximate surface area is 266 Å². The number of amides is 2. The Kier molecular flexibility index (Phi) is 8.21. The molecule has 1 aromatic rings. The van der Waals surface area contributed by atoms with Crippen LogP contribution in [0.25, 0.3) is 0 Å². The number of hydrogen-bond acceptors (Lipinski definition) is 8. The number of hydrogen-bond donors (Lipinski definition) is 2. The molecule has 3 aliphatic carbocycles. The van der Waals surface area contributed by atoms with Crippen LogP contribution in [0.3, 0.4) is 0 Å². The van der Waals surface area contributed by atoms with Crippen LogP contribution in [0.4, 0.5) is 8.78 Å². The lowest BCUT2D eigenvalue weighted by atomic mass is 9.66. The summed E-state index contributed by atoms with van der Waals surface area (Å²) in [5, 5.41) is 1.25. The van der Waals surface area contributed by atoms with Gasteiger partial charge in [-0.25, -0.2) is 14.6 Å². The number of benzene rings is 1. The summed E-state index contributed by atoms with van der Waals surface area (Å²) < 4.78 is 38.7. The number of likely N-dealkylation sites (tertiary alicyclic amines) is 1. The van der Waals surface area contributed by atoms with E-state index in [1.54, 1.807) is 17.0 Å². The molecule has 4 N–H and O–H groups in total. The van der Waals surface area contributed by atoms with Crippen LogP contribution in [-0.4, -0.2) is 79.4 Å². The summed E-state index contributed by atoms with van der Waals surface area (Å²) >= 11 is 6.73. The van der Waals surface area contributed by atoms with Crippen molar-refractivity contribution in [2.24, 2.45) is 40.2 Å². The molecule has 45 heavy (non-hydrogen) atoms. The molecule has 2 aliphatic heterocycles. The molecule has 246 valence electrons. The maximum absolute atomic E-state index is 14.7. The van der Waals surface area contributed by atoms with Crippen molar-refractivity contribution in [3.8, 4) is 5.75 Å². The Hall–Kier alpha value is -3.12. The van der Waals surface area contributed by atoms with Crippen molar-refractivity contribution in [2.75, 3.05) is 40.4 Å². The van der Waals surface area contributed by atoms with Gasteiger partial charge in [-0.15, -0.1) is 0 Å². The predicted molar refractivity (Wildman–Crippen MR) is 162 cm³/mol. The first-order valence-corrected chi connectivity index (χ1v) is 16.0. The van der Waals surface area contributed by atoms with E-state index in [-0.39, 0.29) is 42.0 Å². The van der Waals surface area contributed by atoms with E-state index >= 15 is 0 Å². The topological polar surface area (TPSA) is 131 Å². The fraction of sp³-hybridized carbons (Fsp3) is 0.656. The Bertz CT molecular complexity index is 1420. The van der Waals surface area contributed by atoms with Crippen LogP contribution >= 0.6 is 11.6 Å². The number of esters is 1. The van der Waals surface area contributed by atoms with Gasteiger partial charge in [0.25, 0.3) is 6.43 Å². The molecular formula is C32H42ClF2N5O5. The average Bonchev–Trinajstić information content (AvgIpc) is 3.89. The number of ether oxygens (including phenoxy) is 2. The van der Waals surface area contributed by atoms with Gasteiger partial charge in [0.15, 0.2) is 0 Å². The van der Waals surface area contributed by atoms with E-state index in [1.807, 2.05) is 11.8 Å². The smallest absolute Gasteiger partial charge is 0.312 e. The lowest BCUT2D eigenvalue weighted by Crippen LogP contribution is -2.53. The van der Waals surface area contributed by atoms with Crippen LogP contribution in [0.15, 0.2) is 23.5 Å². The summed E-state index contributed by atoms with van der Waals surface area (Å²) in [7, 11) is 2.63. The lowest BCUT2D eigenvalue weighted by Gasteiger charge is -2.45. The van der Waals surface area contributed by atoms with Gasteiger partial charge in [0, 0.05) is 43.7 Å². The van der Waals surface area contributed by atoms with Gasteiger partial charge < -0.3 is 30.0 Å². The van der Waals surface area contributed by atoms with Crippen LogP contribution in [0.1, 0.15) is 62.6 Å². The first-order chi connectivity index (χ1) is 21.3. The summed E-state index contributed by atoms with van der Waals surface area (Å²) in [6.07, 6.45) is 2.16. The highest BCUT2D eigenvalue weighted by Crippen LogP contribution is 2.59. The summed E-state index contributed by atoms with van der Waals surface area (Å²) in [6, 6.07) is 2.69. The monoisotopic (exact) mass is 649 g/mol. The van der Waals surface area contributed by atoms with E-state index in [1.165, 1.54) is 14.2 Å². The maximum atomic E-state index is 14.7. The highest BCUT2D eigenvalue weighted by molar-refractivity contribution is 6.31. The van der Waals surface area contributed by atoms with Gasteiger partial charge in [-0.05, 0) is 80.4 Å². The maximum Gasteiger partial charge on any atom is 0.312 e. The highest BCUT2D eigenvalue weighted by atomic mass is 35.5. The fourth-order valence-corrected chi connectivity index (χ4v) is 8.37. The minimum Gasteiger partial charge on any atom is -0.487 e. The zero-order valence-corrected chi connectivity index (χ0v) is 26.7. The normalized spacial score (nSPS) is 30.1. The molecule has 5 atom stereocenters. The molecule has 3 saturated carbocycles. The number of rotatable bonds is 9. The predicted octanol–water partition coefficient (Wildman–Crippen LogP) is 3.62. The van der Waals surface area contributed by atoms with Crippen molar-refractivity contribution in [3.05, 3.63) is 39.7 Å². The van der Waals surface area contributed by atoms with Crippen molar-refractivity contribution < 1.29 is 32.6 Å². The number of fused-ring (bicyclic) bond motifs is 2. The molecule has 1 spiro atoms. The summed E-state index contributed by atoms with van der Waals surface area (Å²) in [5.74, 6) is 5.66. The van der Waals surface area contributed by atoms with E-state index in [9.17, 15) is 23.2 Å². The number of carbonyl (C=O) groups is 3. The largest absolute Gasteiger partial charge is 0.487 e. The quantitative estimate of drug-likeness (QED) is 0.236. The van der Waals surface area contributed by atoms with Crippen LogP contribution in [0.2, 0.25) is 5.02 Å². The van der Waals surface area contributed by atoms with E-state index in [0.717, 1.165) is 29.8 Å². The van der Waals surface area contributed by atoms with Gasteiger partial charge in [0.1, 0.15) is 18.1 Å². The Morgan fingerprint density at radius 2 is 1.96 bits per heavy atom. The first kappa shape index (κ1) is 31.8. The SMILES string of the molecule is COC(=O)[C@@]1(C)C[C@H]2C[C@H]2C[C@H]1C(=O)N1CCc2c(Cl)ccc(OC/C(N)=C(\C(F)F)N(C)N)c2C1CN1CC2(CC2)CC1=O. The molecule has 6 rings (SSSR count). The molecule has 1 saturated heterocycles. The van der Waals surface area contributed by atoms with Crippen molar-refractivity contribution in [2.45, 2.75) is 64.3 Å². The zero-order valence-electron chi connectivity index (χ0n) is 26.0. The first-order valence-electron chi connectivity index (χ1n) is 15.6. The molecule has 0 bridgehead atoms. The summed E-state index contributed by atoms with van der Waals surface area (Å²) in [5.41, 5.74) is 5.66. The molecule has 5 aliphatic rings. The van der Waals surface area contributed by atoms with Gasteiger partial charge in [-0.2, -0.15) is 0 Å². The molecule has 2 amide bonds. The van der Waals surface area contributed by atoms with Crippen molar-refractivity contribution >= 4 is 29.4 Å². The highest BCUT2D eigenvalue weighted by Gasteiger charge is 2.59. The van der Waals surface area contributed by atoms with Crippen molar-refractivity contribution in [1.29, 1.82) is 0 Å². The average molecular weight is 650 g/mol. The van der Waals surface area contributed by atoms with Gasteiger partial charge in [0.05, 0.1) is 30.2 Å². The third-order valence-corrected chi connectivity index (χ3v) is 11.3. The number of carbonyl (C=O) groups excluding carboxylic acids is 3. The standard InChI is InChI=1S/C32H42ClF2N5O5/c1-31(30(43)44-3)12-18-10-17(18)11-20(31)29(42)40-9-6-19-21(33)4-5-24(45-15-22(36)27(28(34)35)38(2)37)26(19)23(40)14-39-16-32(7-8-32)13-25(39)41/h4-5,17-18,20,23,28H,6-16,36-37H2,1-3H3/b27-22-/t17-,18+,20-,23?,31-/m0/s1. The number of methoxy groups -OCH3 is 1. The number of halogens is 3. The molecule has 1 unspecified atom stereocenters. The van der Waals surface area contributed by atoms with E-state index in [0.29, 0.717) is 66.9 Å². The minimum atomic E-state index is -2.91. The number of alkyl halides is 2. The van der Waals surface area contributed by atoms with Crippen LogP contribution in [0, 0.1) is 28.6 Å². The molecule has 10 nitrogen and oxygen atoms in total. The van der Waals surface area contributed by atoms with E-state index in [4.69, 9.17) is 32.7 Å². The second kappa shape index (κ2) is 11.6. The summed E-state index contributed by atoms with van der Waals surface area (Å²) in [4.78, 5) is 44.7. The number of hydrazine groups is 1. The third kappa shape index (κ3) is 5.73. The second-order valence-corrected chi connectivity index (χ2v) is 14.4. The van der Waals surface area contributed by atoms with Gasteiger partial charge in [-0.1, -0.05) is 11.6 Å². The van der Waals surface area contributed by atoms with Gasteiger partial charge in [0.2, 0.25) is 11.8 Å². The van der Waals surface area contributed by atoms with Crippen LogP contribution < -0.4 is 16.3 Å². The van der Waals surface area contributed by atoms with Gasteiger partial charge >= 0.3 is 5.97 Å². The van der Waals surface area contributed by atoms with E-state index in [2.05, 4.69) is 0 Å². The summed E-state index contributed by atoms with van der Waals surface area (Å²) in [6.45, 7) is 2.62. The molecule has 13 heteroatoms. The zero-order chi connectivity index (χ0) is 32.4. The molecular weight excluding hydrogens is 608 g/mol. The van der Waals surface area contributed by atoms with Crippen molar-refractivity contribution in [1.82, 2.24) is 14.8 Å². The number of nitrogens with two attached hydrogens (primary N) is 2. The fourth-order valence-electron chi connectivity index (χ4n) is 8.11. The Morgan fingerprint density at radius 3 is 2.58 bits per heavy atom. The Morgan fingerprint density at radius 1 is 1.22 bits per heavy atom. The number of allylic oxidation sites excluding steroid dienone is 1. The van der Waals surface area contributed by atoms with Crippen molar-refractivity contribution in [3.63, 3.8) is 0 Å². The molecule has 0 radical (unpaired) electrons. The number of nitrogens with zero attached hydrogens (tertiary/aromatic N) is 3. The second-order valence-electron chi connectivity index (χ2n) is 14.0. The third-order valence-electron chi connectivity index (χ3n) is 10.9. The molecule has 1 aromatic carbocycles. The molecule has 2 heterocycles. The molecule has 0 aromatic heterocycles. The lowest BCUT2D eigenvalue weighted by molar-refractivity contribution is -0.165. The van der Waals surface area contributed by atoms with Crippen LogP contribution in [0.5, 0.6) is 5.75 Å². The van der Waals surface area contributed by atoms with E-state index < -0.39 is 29.5 Å². The van der Waals surface area contributed by atoms with Gasteiger partial charge in [-0.3, -0.25) is 14.4 Å². The Balaban J connectivity index is 1.38.